The van der Waals surface area contributed by atoms with Gasteiger partial charge in [-0.15, -0.1) is 0 Å². The number of rotatable bonds is 6. The fourth-order valence-corrected chi connectivity index (χ4v) is 8.22. The van der Waals surface area contributed by atoms with Gasteiger partial charge in [0.15, 0.2) is 0 Å². The lowest BCUT2D eigenvalue weighted by atomic mass is 9.89. The molecular formula is C29H31Cl3FN7O2S. The first-order valence-corrected chi connectivity index (χ1v) is 16.6. The van der Waals surface area contributed by atoms with Crippen LogP contribution < -0.4 is 10.5 Å². The molecule has 3 N–H and O–H groups in total. The van der Waals surface area contributed by atoms with Crippen LogP contribution in [0.5, 0.6) is 0 Å². The van der Waals surface area contributed by atoms with Gasteiger partial charge in [0.05, 0.1) is 26.1 Å². The molecule has 3 heterocycles. The number of hydrogen-bond acceptors (Lipinski definition) is 7. The van der Waals surface area contributed by atoms with Gasteiger partial charge < -0.3 is 15.2 Å². The van der Waals surface area contributed by atoms with E-state index < -0.39 is 15.8 Å². The highest BCUT2D eigenvalue weighted by molar-refractivity contribution is 7.92. The Morgan fingerprint density at radius 2 is 1.65 bits per heavy atom. The summed E-state index contributed by atoms with van der Waals surface area (Å²) < 4.78 is 45.9. The standard InChI is InChI=1S/C29H31Cl3FN7O2S/c1-38-10-12-39(13-11-38)18-3-5-19(6-4-18)40-15-20(25-28(34)35-16-36-29(25)40)17-2-8-23(22(33)14-17)37-43(41,42)24-9-7-21(30)26(31)27(24)32/h2,7-9,14-16,18-19,37H,3-6,10-13H2,1H3,(H2,34,35,36). The van der Waals surface area contributed by atoms with E-state index in [4.69, 9.17) is 40.5 Å². The van der Waals surface area contributed by atoms with E-state index >= 15 is 4.39 Å². The highest BCUT2D eigenvalue weighted by Gasteiger charge is 2.30. The van der Waals surface area contributed by atoms with Crippen molar-refractivity contribution in [3.05, 3.63) is 63.7 Å². The molecule has 0 atom stereocenters. The van der Waals surface area contributed by atoms with E-state index in [1.807, 2.05) is 6.20 Å². The number of benzene rings is 2. The first kappa shape index (κ1) is 30.4. The maximum atomic E-state index is 15.4. The Morgan fingerprint density at radius 3 is 2.35 bits per heavy atom. The number of sulfonamides is 1. The molecule has 4 aromatic rings. The molecule has 0 unspecified atom stereocenters. The zero-order chi connectivity index (χ0) is 30.5. The summed E-state index contributed by atoms with van der Waals surface area (Å²) in [5, 5.41) is 0.385. The van der Waals surface area contributed by atoms with E-state index in [9.17, 15) is 8.42 Å². The minimum absolute atomic E-state index is 0.103. The van der Waals surface area contributed by atoms with E-state index in [1.54, 1.807) is 6.07 Å². The second-order valence-corrected chi connectivity index (χ2v) is 14.0. The van der Waals surface area contributed by atoms with Crippen molar-refractivity contribution in [3.63, 3.8) is 0 Å². The minimum atomic E-state index is -4.27. The Morgan fingerprint density at radius 1 is 0.953 bits per heavy atom. The zero-order valence-electron chi connectivity index (χ0n) is 23.4. The van der Waals surface area contributed by atoms with Gasteiger partial charge in [-0.1, -0.05) is 40.9 Å². The Hall–Kier alpha value is -2.67. The smallest absolute Gasteiger partial charge is 0.263 e. The van der Waals surface area contributed by atoms with Crippen molar-refractivity contribution in [2.75, 3.05) is 43.7 Å². The lowest BCUT2D eigenvalue weighted by molar-refractivity contribution is 0.0828. The number of anilines is 2. The van der Waals surface area contributed by atoms with Gasteiger partial charge in [0.25, 0.3) is 10.0 Å². The average Bonchev–Trinajstić information content (AvgIpc) is 3.38. The van der Waals surface area contributed by atoms with Gasteiger partial charge in [0.2, 0.25) is 0 Å². The third kappa shape index (κ3) is 5.91. The van der Waals surface area contributed by atoms with Crippen molar-refractivity contribution in [2.45, 2.75) is 42.7 Å². The number of nitrogen functional groups attached to an aromatic ring is 1. The number of likely N-dealkylation sites (N-methyl/N-ethyl adjacent to an activating group) is 1. The summed E-state index contributed by atoms with van der Waals surface area (Å²) in [6.07, 6.45) is 7.59. The molecule has 6 rings (SSSR count). The molecule has 9 nitrogen and oxygen atoms in total. The molecule has 0 amide bonds. The lowest BCUT2D eigenvalue weighted by Gasteiger charge is -2.41. The lowest BCUT2D eigenvalue weighted by Crippen LogP contribution is -2.49. The Balaban J connectivity index is 1.27. The number of fused-ring (bicyclic) bond motifs is 1. The van der Waals surface area contributed by atoms with Gasteiger partial charge in [-0.2, -0.15) is 0 Å². The third-order valence-electron chi connectivity index (χ3n) is 8.57. The molecule has 1 saturated carbocycles. The molecule has 0 radical (unpaired) electrons. The third-order valence-corrected chi connectivity index (χ3v) is 11.4. The topological polar surface area (TPSA) is 109 Å². The van der Waals surface area contributed by atoms with Crippen LogP contribution in [0, 0.1) is 5.82 Å². The fourth-order valence-electron chi connectivity index (χ4n) is 6.18. The average molecular weight is 667 g/mol. The van der Waals surface area contributed by atoms with Crippen LogP contribution in [0.3, 0.4) is 0 Å². The van der Waals surface area contributed by atoms with Crippen molar-refractivity contribution in [1.82, 2.24) is 24.3 Å². The molecule has 2 fully saturated rings. The maximum absolute atomic E-state index is 15.4. The van der Waals surface area contributed by atoms with Crippen molar-refractivity contribution in [3.8, 4) is 11.1 Å². The Labute approximate surface area is 264 Å². The van der Waals surface area contributed by atoms with Crippen LogP contribution in [-0.4, -0.2) is 72.0 Å². The van der Waals surface area contributed by atoms with Crippen molar-refractivity contribution in [1.29, 1.82) is 0 Å². The van der Waals surface area contributed by atoms with Gasteiger partial charge in [-0.05, 0) is 62.6 Å². The predicted molar refractivity (Wildman–Crippen MR) is 170 cm³/mol. The van der Waals surface area contributed by atoms with Crippen LogP contribution in [0.1, 0.15) is 31.7 Å². The van der Waals surface area contributed by atoms with Gasteiger partial charge in [0.1, 0.15) is 28.5 Å². The van der Waals surface area contributed by atoms with E-state index in [0.29, 0.717) is 34.0 Å². The molecule has 228 valence electrons. The molecular weight excluding hydrogens is 636 g/mol. The van der Waals surface area contributed by atoms with Crippen LogP contribution in [0.15, 0.2) is 47.8 Å². The summed E-state index contributed by atoms with van der Waals surface area (Å²) in [4.78, 5) is 13.4. The second kappa shape index (κ2) is 12.0. The zero-order valence-corrected chi connectivity index (χ0v) is 26.5. The fraction of sp³-hybridized carbons (Fsp3) is 0.379. The minimum Gasteiger partial charge on any atom is -0.383 e. The summed E-state index contributed by atoms with van der Waals surface area (Å²) in [5.74, 6) is -0.481. The van der Waals surface area contributed by atoms with E-state index in [0.717, 1.165) is 51.9 Å². The summed E-state index contributed by atoms with van der Waals surface area (Å²) in [7, 11) is -2.10. The van der Waals surface area contributed by atoms with Crippen LogP contribution in [0.2, 0.25) is 15.1 Å². The summed E-state index contributed by atoms with van der Waals surface area (Å²) in [6, 6.07) is 7.58. The molecule has 0 spiro atoms. The molecule has 2 aromatic heterocycles. The molecule has 2 aromatic carbocycles. The number of nitrogens with zero attached hydrogens (tertiary/aromatic N) is 5. The molecule has 0 bridgehead atoms. The van der Waals surface area contributed by atoms with Crippen LogP contribution in [-0.2, 0) is 10.0 Å². The van der Waals surface area contributed by atoms with Crippen LogP contribution in [0.4, 0.5) is 15.9 Å². The largest absolute Gasteiger partial charge is 0.383 e. The van der Waals surface area contributed by atoms with Crippen LogP contribution >= 0.6 is 34.8 Å². The predicted octanol–water partition coefficient (Wildman–Crippen LogP) is 6.31. The number of nitrogens with one attached hydrogen (secondary N) is 1. The number of hydrogen-bond donors (Lipinski definition) is 2. The Bertz CT molecular complexity index is 1790. The van der Waals surface area contributed by atoms with E-state index in [-0.39, 0.29) is 31.7 Å². The van der Waals surface area contributed by atoms with Gasteiger partial charge in [0, 0.05) is 50.0 Å². The first-order valence-electron chi connectivity index (χ1n) is 14.0. The number of halogens is 4. The Kier molecular flexibility index (Phi) is 8.49. The monoisotopic (exact) mass is 665 g/mol. The number of nitrogens with two attached hydrogens (primary N) is 1. The molecule has 1 aliphatic heterocycles. The first-order chi connectivity index (χ1) is 20.5. The normalized spacial score (nSPS) is 20.5. The summed E-state index contributed by atoms with van der Waals surface area (Å²) in [5.41, 5.74) is 7.97. The highest BCUT2D eigenvalue weighted by atomic mass is 35.5. The molecule has 1 aliphatic carbocycles. The summed E-state index contributed by atoms with van der Waals surface area (Å²) in [6.45, 7) is 4.40. The van der Waals surface area contributed by atoms with Gasteiger partial charge in [-0.3, -0.25) is 9.62 Å². The second-order valence-electron chi connectivity index (χ2n) is 11.2. The van der Waals surface area contributed by atoms with Crippen molar-refractivity contribution < 1.29 is 12.8 Å². The molecule has 14 heteroatoms. The molecule has 43 heavy (non-hydrogen) atoms. The quantitative estimate of drug-likeness (QED) is 0.232. The van der Waals surface area contributed by atoms with Crippen molar-refractivity contribution >= 4 is 67.4 Å². The van der Waals surface area contributed by atoms with Gasteiger partial charge in [-0.25, -0.2) is 22.8 Å². The molecule has 2 aliphatic rings. The van der Waals surface area contributed by atoms with Crippen LogP contribution in [0.25, 0.3) is 22.2 Å². The molecule has 1 saturated heterocycles. The SMILES string of the molecule is CN1CCN(C2CCC(n3cc(-c4ccc(NS(=O)(=O)c5ccc(Cl)c(Cl)c5Cl)c(F)c4)c4c(N)ncnc43)CC2)CC1. The van der Waals surface area contributed by atoms with E-state index in [1.165, 1.54) is 30.6 Å². The number of aromatic nitrogens is 3. The summed E-state index contributed by atoms with van der Waals surface area (Å²) >= 11 is 18.1. The highest BCUT2D eigenvalue weighted by Crippen LogP contribution is 2.40. The van der Waals surface area contributed by atoms with Gasteiger partial charge >= 0.3 is 0 Å². The maximum Gasteiger partial charge on any atom is 0.263 e. The number of piperazine rings is 1. The van der Waals surface area contributed by atoms with E-state index in [2.05, 4.69) is 36.1 Å². The van der Waals surface area contributed by atoms with Crippen molar-refractivity contribution in [2.24, 2.45) is 0 Å².